The van der Waals surface area contributed by atoms with Crippen molar-refractivity contribution < 1.29 is 0 Å². The molecule has 0 atom stereocenters. The summed E-state index contributed by atoms with van der Waals surface area (Å²) in [4.78, 5) is 13.8. The average molecular weight is 283 g/mol. The minimum absolute atomic E-state index is 0.696. The fourth-order valence-electron chi connectivity index (χ4n) is 2.00. The first-order valence-corrected chi connectivity index (χ1v) is 6.60. The van der Waals surface area contributed by atoms with Crippen molar-refractivity contribution >= 4 is 12.6 Å². The molecule has 5 nitrogen and oxygen atoms in total. The monoisotopic (exact) mass is 283 g/mol. The Bertz CT molecular complexity index is 766. The summed E-state index contributed by atoms with van der Waals surface area (Å²) in [5.74, 6) is 0.696. The second-order valence-electron chi connectivity index (χ2n) is 4.46. The first-order chi connectivity index (χ1) is 9.65. The van der Waals surface area contributed by atoms with Crippen LogP contribution >= 0.6 is 12.6 Å². The number of H-pyrrole nitrogens is 1. The number of aromatic nitrogens is 5. The molecule has 0 saturated heterocycles. The first kappa shape index (κ1) is 12.8. The normalized spacial score (nSPS) is 10.8. The van der Waals surface area contributed by atoms with Crippen molar-refractivity contribution in [3.05, 3.63) is 42.1 Å². The zero-order valence-electron chi connectivity index (χ0n) is 11.1. The molecule has 0 unspecified atom stereocenters. The lowest BCUT2D eigenvalue weighted by molar-refractivity contribution is 1.02. The van der Waals surface area contributed by atoms with Gasteiger partial charge in [0.25, 0.3) is 0 Å². The molecular formula is C14H13N5S. The molecular weight excluding hydrogens is 270 g/mol. The van der Waals surface area contributed by atoms with E-state index in [1.807, 2.05) is 32.0 Å². The van der Waals surface area contributed by atoms with Gasteiger partial charge in [-0.15, -0.1) is 12.6 Å². The maximum atomic E-state index is 4.50. The van der Waals surface area contributed by atoms with E-state index in [2.05, 4.69) is 37.8 Å². The number of aromatic amines is 1. The maximum Gasteiger partial charge on any atom is 0.125 e. The van der Waals surface area contributed by atoms with E-state index in [9.17, 15) is 0 Å². The van der Waals surface area contributed by atoms with Crippen molar-refractivity contribution in [3.8, 4) is 22.6 Å². The van der Waals surface area contributed by atoms with Crippen molar-refractivity contribution in [2.45, 2.75) is 18.7 Å². The van der Waals surface area contributed by atoms with Crippen LogP contribution in [0.4, 0.5) is 0 Å². The van der Waals surface area contributed by atoms with Gasteiger partial charge >= 0.3 is 0 Å². The predicted molar refractivity (Wildman–Crippen MR) is 79.6 cm³/mol. The van der Waals surface area contributed by atoms with E-state index in [0.29, 0.717) is 10.7 Å². The van der Waals surface area contributed by atoms with E-state index < -0.39 is 0 Å². The number of nitrogens with zero attached hydrogens (tertiary/aromatic N) is 4. The van der Waals surface area contributed by atoms with Crippen LogP contribution < -0.4 is 0 Å². The lowest BCUT2D eigenvalue weighted by Gasteiger charge is -2.05. The summed E-state index contributed by atoms with van der Waals surface area (Å²) < 4.78 is 0. The van der Waals surface area contributed by atoms with E-state index in [1.165, 1.54) is 0 Å². The summed E-state index contributed by atoms with van der Waals surface area (Å²) >= 11 is 4.42. The van der Waals surface area contributed by atoms with E-state index in [1.54, 1.807) is 12.4 Å². The summed E-state index contributed by atoms with van der Waals surface area (Å²) in [7, 11) is 0. The largest absolute Gasteiger partial charge is 0.284 e. The molecule has 100 valence electrons. The third-order valence-corrected chi connectivity index (χ3v) is 3.24. The van der Waals surface area contributed by atoms with Gasteiger partial charge in [-0.25, -0.2) is 9.97 Å². The molecule has 0 fully saturated rings. The number of thiol groups is 1. The SMILES string of the molecule is Cc1cccc(-c2n[nH]cc2-c2nc(C)ncc2S)n1. The van der Waals surface area contributed by atoms with Crippen LogP contribution in [0.15, 0.2) is 35.5 Å². The molecule has 0 aliphatic heterocycles. The van der Waals surface area contributed by atoms with Crippen LogP contribution in [0.1, 0.15) is 11.5 Å². The van der Waals surface area contributed by atoms with Crippen LogP contribution in [-0.4, -0.2) is 25.1 Å². The van der Waals surface area contributed by atoms with E-state index in [-0.39, 0.29) is 0 Å². The zero-order valence-corrected chi connectivity index (χ0v) is 12.0. The number of aryl methyl sites for hydroxylation is 2. The lowest BCUT2D eigenvalue weighted by Crippen LogP contribution is -1.94. The fraction of sp³-hybridized carbons (Fsp3) is 0.143. The summed E-state index contributed by atoms with van der Waals surface area (Å²) in [5.41, 5.74) is 4.15. The first-order valence-electron chi connectivity index (χ1n) is 6.16. The minimum atomic E-state index is 0.696. The van der Waals surface area contributed by atoms with Crippen LogP contribution in [-0.2, 0) is 0 Å². The second-order valence-corrected chi connectivity index (χ2v) is 4.94. The van der Waals surface area contributed by atoms with Crippen LogP contribution in [0, 0.1) is 13.8 Å². The number of pyridine rings is 1. The number of hydrogen-bond donors (Lipinski definition) is 2. The molecule has 3 aromatic heterocycles. The highest BCUT2D eigenvalue weighted by Gasteiger charge is 2.15. The topological polar surface area (TPSA) is 67.3 Å². The highest BCUT2D eigenvalue weighted by Crippen LogP contribution is 2.31. The van der Waals surface area contributed by atoms with Crippen molar-refractivity contribution in [1.29, 1.82) is 0 Å². The van der Waals surface area contributed by atoms with Gasteiger partial charge in [0.15, 0.2) is 0 Å². The van der Waals surface area contributed by atoms with E-state index in [0.717, 1.165) is 28.3 Å². The summed E-state index contributed by atoms with van der Waals surface area (Å²) in [6.45, 7) is 3.80. The number of rotatable bonds is 2. The third-order valence-electron chi connectivity index (χ3n) is 2.92. The van der Waals surface area contributed by atoms with Crippen LogP contribution in [0.2, 0.25) is 0 Å². The zero-order chi connectivity index (χ0) is 14.1. The Morgan fingerprint density at radius 2 is 1.95 bits per heavy atom. The Morgan fingerprint density at radius 1 is 1.10 bits per heavy atom. The Hall–Kier alpha value is -2.21. The van der Waals surface area contributed by atoms with Gasteiger partial charge in [-0.05, 0) is 26.0 Å². The highest BCUT2D eigenvalue weighted by atomic mass is 32.1. The van der Waals surface area contributed by atoms with Gasteiger partial charge in [-0.2, -0.15) is 5.10 Å². The molecule has 0 aliphatic rings. The van der Waals surface area contributed by atoms with Gasteiger partial charge in [0.2, 0.25) is 0 Å². The van der Waals surface area contributed by atoms with Crippen molar-refractivity contribution in [3.63, 3.8) is 0 Å². The van der Waals surface area contributed by atoms with Crippen molar-refractivity contribution in [1.82, 2.24) is 25.1 Å². The predicted octanol–water partition coefficient (Wildman–Crippen LogP) is 2.83. The quantitative estimate of drug-likeness (QED) is 0.710. The van der Waals surface area contributed by atoms with Crippen molar-refractivity contribution in [2.24, 2.45) is 0 Å². The molecule has 0 radical (unpaired) electrons. The fourth-order valence-corrected chi connectivity index (χ4v) is 2.23. The summed E-state index contributed by atoms with van der Waals surface area (Å²) in [6, 6.07) is 5.84. The van der Waals surface area contributed by atoms with E-state index in [4.69, 9.17) is 0 Å². The van der Waals surface area contributed by atoms with E-state index >= 15 is 0 Å². The Labute approximate surface area is 121 Å². The van der Waals surface area contributed by atoms with Gasteiger partial charge in [0, 0.05) is 28.5 Å². The molecule has 3 heterocycles. The molecule has 0 amide bonds. The smallest absolute Gasteiger partial charge is 0.125 e. The van der Waals surface area contributed by atoms with Crippen LogP contribution in [0.25, 0.3) is 22.6 Å². The summed E-state index contributed by atoms with van der Waals surface area (Å²) in [6.07, 6.45) is 3.50. The maximum absolute atomic E-state index is 4.50. The number of nitrogens with one attached hydrogen (secondary N) is 1. The molecule has 3 aromatic rings. The third kappa shape index (κ3) is 2.30. The lowest BCUT2D eigenvalue weighted by atomic mass is 10.1. The molecule has 3 rings (SSSR count). The molecule has 20 heavy (non-hydrogen) atoms. The van der Waals surface area contributed by atoms with Crippen molar-refractivity contribution in [2.75, 3.05) is 0 Å². The van der Waals surface area contributed by atoms with Gasteiger partial charge in [-0.1, -0.05) is 6.07 Å². The Balaban J connectivity index is 2.18. The Morgan fingerprint density at radius 3 is 2.75 bits per heavy atom. The molecule has 0 aromatic carbocycles. The standard InChI is InChI=1S/C14H13N5S/c1-8-4-3-5-11(17-8)13-10(6-16-19-13)14-12(20)7-15-9(2)18-14/h3-7,20H,1-2H3,(H,16,19). The minimum Gasteiger partial charge on any atom is -0.284 e. The number of hydrogen-bond acceptors (Lipinski definition) is 5. The van der Waals surface area contributed by atoms with Gasteiger partial charge in [0.1, 0.15) is 11.5 Å². The highest BCUT2D eigenvalue weighted by molar-refractivity contribution is 7.80. The van der Waals surface area contributed by atoms with Gasteiger partial charge < -0.3 is 0 Å². The molecule has 0 aliphatic carbocycles. The van der Waals surface area contributed by atoms with Crippen LogP contribution in [0.5, 0.6) is 0 Å². The van der Waals surface area contributed by atoms with Gasteiger partial charge in [0.05, 0.1) is 11.4 Å². The van der Waals surface area contributed by atoms with Crippen LogP contribution in [0.3, 0.4) is 0 Å². The molecule has 0 saturated carbocycles. The van der Waals surface area contributed by atoms with Gasteiger partial charge in [-0.3, -0.25) is 10.1 Å². The average Bonchev–Trinajstić information content (AvgIpc) is 2.90. The molecule has 0 bridgehead atoms. The summed E-state index contributed by atoms with van der Waals surface area (Å²) in [5, 5.41) is 7.17. The molecule has 1 N–H and O–H groups in total. The Kier molecular flexibility index (Phi) is 3.23. The molecule has 6 heteroatoms. The molecule has 0 spiro atoms. The second kappa shape index (κ2) is 5.05.